The molecular formula is C15H13NNaO2. The summed E-state index contributed by atoms with van der Waals surface area (Å²) in [5.41, 5.74) is 3.29. The maximum atomic E-state index is 12.2. The van der Waals surface area contributed by atoms with Crippen molar-refractivity contribution in [1.82, 2.24) is 0 Å². The van der Waals surface area contributed by atoms with Gasteiger partial charge in [0, 0.05) is 40.7 Å². The number of rotatable bonds is 3. The monoisotopic (exact) mass is 262 g/mol. The first-order valence-corrected chi connectivity index (χ1v) is 6.09. The van der Waals surface area contributed by atoms with E-state index in [1.807, 2.05) is 37.3 Å². The van der Waals surface area contributed by atoms with Gasteiger partial charge in [0.2, 0.25) is 5.78 Å². The zero-order valence-electron chi connectivity index (χ0n) is 11.1. The van der Waals surface area contributed by atoms with Gasteiger partial charge in [0.1, 0.15) is 5.71 Å². The Morgan fingerprint density at radius 3 is 2.79 bits per heavy atom. The minimum Gasteiger partial charge on any atom is -0.489 e. The summed E-state index contributed by atoms with van der Waals surface area (Å²) in [5.74, 6) is 0.282. The molecule has 0 saturated carbocycles. The van der Waals surface area contributed by atoms with Crippen LogP contribution in [0.3, 0.4) is 0 Å². The van der Waals surface area contributed by atoms with Crippen LogP contribution in [0.5, 0.6) is 0 Å². The number of aliphatic imine (C=N–C) groups is 1. The number of fused-ring (bicyclic) bond motifs is 3. The van der Waals surface area contributed by atoms with Crippen LogP contribution in [0.25, 0.3) is 5.57 Å². The van der Waals surface area contributed by atoms with E-state index in [9.17, 15) is 4.79 Å². The number of ether oxygens (including phenoxy) is 1. The van der Waals surface area contributed by atoms with E-state index >= 15 is 0 Å². The maximum Gasteiger partial charge on any atom is 0.246 e. The molecule has 0 spiro atoms. The van der Waals surface area contributed by atoms with Crippen molar-refractivity contribution in [3.63, 3.8) is 0 Å². The van der Waals surface area contributed by atoms with Gasteiger partial charge < -0.3 is 4.74 Å². The Kier molecular flexibility index (Phi) is 4.40. The minimum absolute atomic E-state index is 0. The largest absolute Gasteiger partial charge is 0.489 e. The van der Waals surface area contributed by atoms with Crippen LogP contribution in [0.1, 0.15) is 18.9 Å². The summed E-state index contributed by atoms with van der Waals surface area (Å²) in [7, 11) is 0. The third kappa shape index (κ3) is 2.46. The predicted octanol–water partition coefficient (Wildman–Crippen LogP) is 2.67. The van der Waals surface area contributed by atoms with Crippen molar-refractivity contribution in [2.24, 2.45) is 4.99 Å². The second-order valence-electron chi connectivity index (χ2n) is 4.27. The molecule has 0 aromatic heterocycles. The molecular weight excluding hydrogens is 249 g/mol. The smallest absolute Gasteiger partial charge is 0.246 e. The van der Waals surface area contributed by atoms with Crippen LogP contribution in [0, 0.1) is 0 Å². The van der Waals surface area contributed by atoms with E-state index < -0.39 is 0 Å². The van der Waals surface area contributed by atoms with Crippen molar-refractivity contribution >= 4 is 52.3 Å². The third-order valence-electron chi connectivity index (χ3n) is 2.98. The molecule has 1 aromatic carbocycles. The zero-order valence-corrected chi connectivity index (χ0v) is 13.1. The van der Waals surface area contributed by atoms with E-state index in [-0.39, 0.29) is 35.3 Å². The number of nitrogens with zero attached hydrogens (tertiary/aromatic N) is 1. The van der Waals surface area contributed by atoms with Gasteiger partial charge in [-0.1, -0.05) is 25.1 Å². The third-order valence-corrected chi connectivity index (χ3v) is 2.98. The van der Waals surface area contributed by atoms with Gasteiger partial charge in [-0.3, -0.25) is 4.79 Å². The molecule has 1 heterocycles. The molecule has 0 bridgehead atoms. The summed E-state index contributed by atoms with van der Waals surface area (Å²) in [4.78, 5) is 16.6. The summed E-state index contributed by atoms with van der Waals surface area (Å²) in [5, 5.41) is 0. The SMILES string of the molecule is CCCOC1=CC=C2C(=Nc3ccccc32)C1=O.[Na]. The van der Waals surface area contributed by atoms with Gasteiger partial charge in [0.15, 0.2) is 5.76 Å². The van der Waals surface area contributed by atoms with E-state index in [2.05, 4.69) is 4.99 Å². The molecule has 0 fully saturated rings. The number of hydrogen-bond donors (Lipinski definition) is 0. The molecule has 2 aliphatic rings. The summed E-state index contributed by atoms with van der Waals surface area (Å²) < 4.78 is 5.44. The first-order chi connectivity index (χ1) is 8.81. The van der Waals surface area contributed by atoms with Gasteiger partial charge in [-0.05, 0) is 24.6 Å². The van der Waals surface area contributed by atoms with Crippen LogP contribution in [-0.2, 0) is 9.53 Å². The van der Waals surface area contributed by atoms with Gasteiger partial charge in [0.25, 0.3) is 0 Å². The van der Waals surface area contributed by atoms with Crippen LogP contribution < -0.4 is 0 Å². The first kappa shape index (κ1) is 14.3. The summed E-state index contributed by atoms with van der Waals surface area (Å²) in [6, 6.07) is 7.78. The number of allylic oxidation sites excluding steroid dienone is 4. The van der Waals surface area contributed by atoms with E-state index in [1.54, 1.807) is 6.08 Å². The van der Waals surface area contributed by atoms with Crippen molar-refractivity contribution < 1.29 is 9.53 Å². The molecule has 0 unspecified atom stereocenters. The molecule has 3 rings (SSSR count). The second-order valence-corrected chi connectivity index (χ2v) is 4.27. The van der Waals surface area contributed by atoms with Crippen molar-refractivity contribution in [3.05, 3.63) is 47.7 Å². The van der Waals surface area contributed by atoms with Gasteiger partial charge in [0.05, 0.1) is 12.3 Å². The Morgan fingerprint density at radius 2 is 2.00 bits per heavy atom. The molecule has 0 saturated heterocycles. The second kappa shape index (κ2) is 5.87. The Labute approximate surface area is 134 Å². The number of hydrogen-bond acceptors (Lipinski definition) is 3. The number of carbonyl (C=O) groups is 1. The maximum absolute atomic E-state index is 12.2. The molecule has 0 atom stereocenters. The van der Waals surface area contributed by atoms with Gasteiger partial charge in [-0.2, -0.15) is 0 Å². The average molecular weight is 262 g/mol. The fraction of sp³-hybridized carbons (Fsp3) is 0.200. The molecule has 1 aromatic rings. The number of ketones is 1. The summed E-state index contributed by atoms with van der Waals surface area (Å²) in [6.07, 6.45) is 4.54. The predicted molar refractivity (Wildman–Crippen MR) is 76.6 cm³/mol. The van der Waals surface area contributed by atoms with Crippen LogP contribution in [0.2, 0.25) is 0 Å². The van der Waals surface area contributed by atoms with Crippen molar-refractivity contribution in [3.8, 4) is 0 Å². The standard InChI is InChI=1S/C15H13NO2.Na/c1-2-9-18-13-8-7-11-10-5-3-4-6-12(10)16-14(11)15(13)17;/h3-8H,2,9H2,1H3;. The van der Waals surface area contributed by atoms with E-state index in [0.29, 0.717) is 18.1 Å². The molecule has 4 heteroatoms. The fourth-order valence-electron chi connectivity index (χ4n) is 2.13. The van der Waals surface area contributed by atoms with Gasteiger partial charge >= 0.3 is 0 Å². The van der Waals surface area contributed by atoms with E-state index in [0.717, 1.165) is 23.2 Å². The van der Waals surface area contributed by atoms with Crippen molar-refractivity contribution in [1.29, 1.82) is 0 Å². The van der Waals surface area contributed by atoms with Crippen LogP contribution in [0.4, 0.5) is 5.69 Å². The Balaban J connectivity index is 0.00000133. The average Bonchev–Trinajstić information content (AvgIpc) is 2.78. The summed E-state index contributed by atoms with van der Waals surface area (Å²) >= 11 is 0. The van der Waals surface area contributed by atoms with Gasteiger partial charge in [-0.25, -0.2) is 4.99 Å². The number of benzene rings is 1. The topological polar surface area (TPSA) is 38.7 Å². The summed E-state index contributed by atoms with van der Waals surface area (Å²) in [6.45, 7) is 2.57. The molecule has 1 aliphatic heterocycles. The van der Waals surface area contributed by atoms with Crippen LogP contribution >= 0.6 is 0 Å². The zero-order chi connectivity index (χ0) is 12.5. The molecule has 1 aliphatic carbocycles. The Morgan fingerprint density at radius 1 is 1.21 bits per heavy atom. The molecule has 91 valence electrons. The molecule has 19 heavy (non-hydrogen) atoms. The normalized spacial score (nSPS) is 15.6. The number of Topliss-reactive ketones (excluding diaryl/α,β-unsaturated/α-hetero) is 1. The Bertz CT molecular complexity index is 614. The molecule has 0 amide bonds. The number of carbonyl (C=O) groups excluding carboxylic acids is 1. The first-order valence-electron chi connectivity index (χ1n) is 6.09. The minimum atomic E-state index is -0.114. The van der Waals surface area contributed by atoms with Crippen molar-refractivity contribution in [2.75, 3.05) is 6.61 Å². The van der Waals surface area contributed by atoms with Gasteiger partial charge in [-0.15, -0.1) is 0 Å². The van der Waals surface area contributed by atoms with E-state index in [1.165, 1.54) is 0 Å². The number of para-hydroxylation sites is 1. The Hall–Kier alpha value is -1.16. The molecule has 1 radical (unpaired) electrons. The van der Waals surface area contributed by atoms with E-state index in [4.69, 9.17) is 4.74 Å². The fourth-order valence-corrected chi connectivity index (χ4v) is 2.13. The quantitative estimate of drug-likeness (QED) is 0.620. The van der Waals surface area contributed by atoms with Crippen LogP contribution in [-0.4, -0.2) is 47.7 Å². The molecule has 3 nitrogen and oxygen atoms in total. The molecule has 0 N–H and O–H groups in total. The van der Waals surface area contributed by atoms with Crippen molar-refractivity contribution in [2.45, 2.75) is 13.3 Å². The van der Waals surface area contributed by atoms with Crippen LogP contribution in [0.15, 0.2) is 47.2 Å².